The predicted molar refractivity (Wildman–Crippen MR) is 74.8 cm³/mol. The molecule has 9 heteroatoms. The third-order valence-corrected chi connectivity index (χ3v) is 3.50. The minimum atomic E-state index is -4.65. The molecule has 2 atom stereocenters. The Morgan fingerprint density at radius 1 is 1.43 bits per heavy atom. The van der Waals surface area contributed by atoms with E-state index >= 15 is 0 Å². The van der Waals surface area contributed by atoms with Gasteiger partial charge < -0.3 is 19.8 Å². The summed E-state index contributed by atoms with van der Waals surface area (Å²) in [6.07, 6.45) is -4.95. The molecular weight excluding hydrogens is 315 g/mol. The maximum Gasteiger partial charge on any atom is 0.468 e. The minimum Gasteiger partial charge on any atom is -0.433 e. The molecule has 6 nitrogen and oxygen atoms in total. The number of fused-ring (bicyclic) bond motifs is 1. The molecule has 1 fully saturated rings. The van der Waals surface area contributed by atoms with Crippen molar-refractivity contribution >= 4 is 22.7 Å². The molecule has 1 aliphatic rings. The molecular formula is C14H14F3N3O3. The molecule has 1 aromatic heterocycles. The molecule has 1 aromatic carbocycles. The van der Waals surface area contributed by atoms with Crippen molar-refractivity contribution in [3.63, 3.8) is 0 Å². The Bertz CT molecular complexity index is 729. The Kier molecular flexibility index (Phi) is 3.99. The first-order valence-corrected chi connectivity index (χ1v) is 6.98. The summed E-state index contributed by atoms with van der Waals surface area (Å²) in [4.78, 5) is 15.6. The lowest BCUT2D eigenvalue weighted by molar-refractivity contribution is -0.156. The van der Waals surface area contributed by atoms with Gasteiger partial charge >= 0.3 is 12.1 Å². The summed E-state index contributed by atoms with van der Waals surface area (Å²) >= 11 is 0. The van der Waals surface area contributed by atoms with Gasteiger partial charge in [0.1, 0.15) is 11.6 Å². The number of carbonyl (C=O) groups excluding carboxylic acids is 1. The zero-order valence-corrected chi connectivity index (χ0v) is 12.1. The van der Waals surface area contributed by atoms with Gasteiger partial charge in [-0.3, -0.25) is 4.79 Å². The van der Waals surface area contributed by atoms with Crippen LogP contribution in [0, 0.1) is 0 Å². The number of amides is 1. The van der Waals surface area contributed by atoms with E-state index < -0.39 is 18.1 Å². The largest absolute Gasteiger partial charge is 0.468 e. The standard InChI is InChI=1S/C14H14F3N3O3/c1-7-11(18-4-5-22-7)12(21)19-8-2-3-10-9(6-8)20-13(23-10)14(15,16)17/h2-3,6-7,11,18H,4-5H2,1H3,(H,19,21)/t7-,11+/m1/s1. The first-order chi connectivity index (χ1) is 10.8. The molecule has 0 spiro atoms. The van der Waals surface area contributed by atoms with Crippen LogP contribution in [0.4, 0.5) is 18.9 Å². The highest BCUT2D eigenvalue weighted by atomic mass is 19.4. The quantitative estimate of drug-likeness (QED) is 0.883. The SMILES string of the molecule is C[C@H]1OCCN[C@@H]1C(=O)Nc1ccc2oc(C(F)(F)F)nc2c1. The van der Waals surface area contributed by atoms with Gasteiger partial charge in [-0.1, -0.05) is 0 Å². The number of carbonyl (C=O) groups is 1. The number of rotatable bonds is 2. The number of ether oxygens (including phenoxy) is 1. The van der Waals surface area contributed by atoms with Gasteiger partial charge in [-0.2, -0.15) is 13.2 Å². The van der Waals surface area contributed by atoms with Crippen molar-refractivity contribution in [1.82, 2.24) is 10.3 Å². The van der Waals surface area contributed by atoms with Crippen LogP contribution in [-0.4, -0.2) is 36.2 Å². The summed E-state index contributed by atoms with van der Waals surface area (Å²) in [6, 6.07) is 3.60. The molecule has 1 amide bonds. The van der Waals surface area contributed by atoms with Crippen LogP contribution in [0.2, 0.25) is 0 Å². The van der Waals surface area contributed by atoms with E-state index in [0.29, 0.717) is 18.8 Å². The summed E-state index contributed by atoms with van der Waals surface area (Å²) in [5.74, 6) is -1.64. The third kappa shape index (κ3) is 3.30. The summed E-state index contributed by atoms with van der Waals surface area (Å²) < 4.78 is 47.8. The number of halogens is 3. The van der Waals surface area contributed by atoms with Gasteiger partial charge in [0.2, 0.25) is 5.91 Å². The zero-order chi connectivity index (χ0) is 16.6. The minimum absolute atomic E-state index is 0.00261. The van der Waals surface area contributed by atoms with E-state index in [0.717, 1.165) is 0 Å². The fourth-order valence-electron chi connectivity index (χ4n) is 2.37. The van der Waals surface area contributed by atoms with Gasteiger partial charge in [0.15, 0.2) is 5.58 Å². The molecule has 124 valence electrons. The van der Waals surface area contributed by atoms with E-state index in [1.807, 2.05) is 0 Å². The van der Waals surface area contributed by atoms with Crippen LogP contribution < -0.4 is 10.6 Å². The second-order valence-electron chi connectivity index (χ2n) is 5.20. The van der Waals surface area contributed by atoms with Crippen LogP contribution in [0.15, 0.2) is 22.6 Å². The third-order valence-electron chi connectivity index (χ3n) is 3.50. The predicted octanol–water partition coefficient (Wildman–Crippen LogP) is 2.16. The highest BCUT2D eigenvalue weighted by Gasteiger charge is 2.37. The molecule has 0 bridgehead atoms. The average Bonchev–Trinajstić information content (AvgIpc) is 2.91. The Morgan fingerprint density at radius 3 is 2.91 bits per heavy atom. The zero-order valence-electron chi connectivity index (χ0n) is 12.1. The van der Waals surface area contributed by atoms with E-state index in [-0.39, 0.29) is 23.1 Å². The Labute approximate surface area is 129 Å². The number of benzene rings is 1. The molecule has 1 aliphatic heterocycles. The molecule has 0 unspecified atom stereocenters. The van der Waals surface area contributed by atoms with Gasteiger partial charge in [-0.25, -0.2) is 4.98 Å². The number of morpholine rings is 1. The van der Waals surface area contributed by atoms with Crippen molar-refractivity contribution in [2.24, 2.45) is 0 Å². The number of nitrogens with zero attached hydrogens (tertiary/aromatic N) is 1. The Hall–Kier alpha value is -2.13. The normalized spacial score (nSPS) is 22.3. The first-order valence-electron chi connectivity index (χ1n) is 6.98. The maximum absolute atomic E-state index is 12.6. The van der Waals surface area contributed by atoms with E-state index in [4.69, 9.17) is 4.74 Å². The van der Waals surface area contributed by atoms with E-state index in [1.165, 1.54) is 18.2 Å². The topological polar surface area (TPSA) is 76.4 Å². The number of hydrogen-bond acceptors (Lipinski definition) is 5. The molecule has 0 saturated carbocycles. The van der Waals surface area contributed by atoms with Crippen LogP contribution in [0.1, 0.15) is 12.8 Å². The van der Waals surface area contributed by atoms with Crippen molar-refractivity contribution in [3.8, 4) is 0 Å². The number of nitrogens with one attached hydrogen (secondary N) is 2. The fourth-order valence-corrected chi connectivity index (χ4v) is 2.37. The van der Waals surface area contributed by atoms with Crippen LogP contribution in [-0.2, 0) is 15.7 Å². The van der Waals surface area contributed by atoms with Gasteiger partial charge in [0, 0.05) is 12.2 Å². The molecule has 0 radical (unpaired) electrons. The van der Waals surface area contributed by atoms with Crippen molar-refractivity contribution < 1.29 is 27.1 Å². The monoisotopic (exact) mass is 329 g/mol. The summed E-state index contributed by atoms with van der Waals surface area (Å²) in [7, 11) is 0. The van der Waals surface area contributed by atoms with Crippen molar-refractivity contribution in [2.45, 2.75) is 25.2 Å². The average molecular weight is 329 g/mol. The van der Waals surface area contributed by atoms with Crippen molar-refractivity contribution in [3.05, 3.63) is 24.1 Å². The number of oxazole rings is 1. The van der Waals surface area contributed by atoms with Crippen LogP contribution in [0.3, 0.4) is 0 Å². The fraction of sp³-hybridized carbons (Fsp3) is 0.429. The molecule has 2 aromatic rings. The first kappa shape index (κ1) is 15.8. The van der Waals surface area contributed by atoms with E-state index in [9.17, 15) is 18.0 Å². The molecule has 23 heavy (non-hydrogen) atoms. The molecule has 1 saturated heterocycles. The van der Waals surface area contributed by atoms with E-state index in [1.54, 1.807) is 6.92 Å². The smallest absolute Gasteiger partial charge is 0.433 e. The van der Waals surface area contributed by atoms with Crippen molar-refractivity contribution in [1.29, 1.82) is 0 Å². The number of aromatic nitrogens is 1. The Morgan fingerprint density at radius 2 is 2.22 bits per heavy atom. The number of hydrogen-bond donors (Lipinski definition) is 2. The lowest BCUT2D eigenvalue weighted by Crippen LogP contribution is -2.53. The van der Waals surface area contributed by atoms with Crippen LogP contribution in [0.25, 0.3) is 11.1 Å². The molecule has 2 N–H and O–H groups in total. The van der Waals surface area contributed by atoms with Gasteiger partial charge in [0.05, 0.1) is 12.7 Å². The highest BCUT2D eigenvalue weighted by molar-refractivity contribution is 5.96. The lowest BCUT2D eigenvalue weighted by atomic mass is 10.1. The molecule has 2 heterocycles. The summed E-state index contributed by atoms with van der Waals surface area (Å²) in [5.41, 5.74) is 0.364. The highest BCUT2D eigenvalue weighted by Crippen LogP contribution is 2.31. The molecule has 3 rings (SSSR count). The van der Waals surface area contributed by atoms with Gasteiger partial charge in [0.25, 0.3) is 0 Å². The number of anilines is 1. The summed E-state index contributed by atoms with van der Waals surface area (Å²) in [6.45, 7) is 2.85. The summed E-state index contributed by atoms with van der Waals surface area (Å²) in [5, 5.41) is 5.67. The number of alkyl halides is 3. The molecule has 0 aliphatic carbocycles. The van der Waals surface area contributed by atoms with Crippen LogP contribution >= 0.6 is 0 Å². The van der Waals surface area contributed by atoms with E-state index in [2.05, 4.69) is 20.0 Å². The second kappa shape index (κ2) is 5.82. The van der Waals surface area contributed by atoms with Crippen molar-refractivity contribution in [2.75, 3.05) is 18.5 Å². The van der Waals surface area contributed by atoms with Gasteiger partial charge in [-0.15, -0.1) is 0 Å². The lowest BCUT2D eigenvalue weighted by Gasteiger charge is -2.29. The maximum atomic E-state index is 12.6. The van der Waals surface area contributed by atoms with Crippen LogP contribution in [0.5, 0.6) is 0 Å². The Balaban J connectivity index is 1.79. The van der Waals surface area contributed by atoms with Gasteiger partial charge in [-0.05, 0) is 25.1 Å². The second-order valence-corrected chi connectivity index (χ2v) is 5.20.